The molecule has 0 spiro atoms. The molecule has 2 aromatic rings. The van der Waals surface area contributed by atoms with Gasteiger partial charge in [0, 0.05) is 22.9 Å². The fourth-order valence-corrected chi connectivity index (χ4v) is 5.13. The van der Waals surface area contributed by atoms with Crippen LogP contribution in [0.2, 0.25) is 0 Å². The van der Waals surface area contributed by atoms with Gasteiger partial charge in [-0.25, -0.2) is 9.78 Å². The van der Waals surface area contributed by atoms with Gasteiger partial charge in [0.1, 0.15) is 6.04 Å². The van der Waals surface area contributed by atoms with Gasteiger partial charge in [-0.3, -0.25) is 9.59 Å². The summed E-state index contributed by atoms with van der Waals surface area (Å²) >= 11 is 1.63. The number of alkyl carbamates (subject to hydrolysis) is 1. The molecule has 184 valence electrons. The predicted octanol–water partition coefficient (Wildman–Crippen LogP) is 4.90. The number of unbranched alkanes of at least 4 members (excludes halogenated alkanes) is 1. The lowest BCUT2D eigenvalue weighted by Gasteiger charge is -2.40. The zero-order valence-corrected chi connectivity index (χ0v) is 21.1. The first-order chi connectivity index (χ1) is 16.3. The van der Waals surface area contributed by atoms with Gasteiger partial charge in [-0.05, 0) is 38.7 Å². The van der Waals surface area contributed by atoms with Crippen molar-refractivity contribution in [3.63, 3.8) is 0 Å². The molecule has 1 fully saturated rings. The maximum atomic E-state index is 12.9. The van der Waals surface area contributed by atoms with E-state index in [2.05, 4.69) is 15.6 Å². The minimum Gasteiger partial charge on any atom is -0.449 e. The van der Waals surface area contributed by atoms with Gasteiger partial charge in [0.15, 0.2) is 0 Å². The van der Waals surface area contributed by atoms with Crippen LogP contribution < -0.4 is 10.6 Å². The Morgan fingerprint density at radius 3 is 2.50 bits per heavy atom. The number of carbonyl (C=O) groups is 3. The van der Waals surface area contributed by atoms with Crippen molar-refractivity contribution in [1.29, 1.82) is 0 Å². The Labute approximate surface area is 205 Å². The van der Waals surface area contributed by atoms with Crippen LogP contribution in [-0.4, -0.2) is 35.4 Å². The summed E-state index contributed by atoms with van der Waals surface area (Å²) in [6, 6.07) is 8.22. The summed E-state index contributed by atoms with van der Waals surface area (Å²) in [4.78, 5) is 42.7. The van der Waals surface area contributed by atoms with Crippen molar-refractivity contribution >= 4 is 29.1 Å². The number of Topliss-reactive ketones (excluding diaryl/α,β-unsaturated/α-hetero) is 1. The van der Waals surface area contributed by atoms with Crippen LogP contribution in [0.15, 0.2) is 35.7 Å². The molecule has 1 aliphatic rings. The summed E-state index contributed by atoms with van der Waals surface area (Å²) in [6.07, 6.45) is 5.16. The molecule has 1 aromatic heterocycles. The average molecular weight is 486 g/mol. The number of aromatic nitrogens is 1. The third-order valence-electron chi connectivity index (χ3n) is 6.44. The summed E-state index contributed by atoms with van der Waals surface area (Å²) < 4.78 is 5.56. The van der Waals surface area contributed by atoms with Crippen LogP contribution in [0.5, 0.6) is 0 Å². The second kappa shape index (κ2) is 12.1. The highest BCUT2D eigenvalue weighted by Crippen LogP contribution is 2.44. The van der Waals surface area contributed by atoms with E-state index in [4.69, 9.17) is 4.74 Å². The number of benzene rings is 1. The van der Waals surface area contributed by atoms with Gasteiger partial charge >= 0.3 is 6.09 Å². The van der Waals surface area contributed by atoms with Crippen LogP contribution >= 0.6 is 11.3 Å². The van der Waals surface area contributed by atoms with Crippen LogP contribution in [0, 0.1) is 12.3 Å². The number of hydrogen-bond donors (Lipinski definition) is 2. The minimum atomic E-state index is -0.908. The van der Waals surface area contributed by atoms with Crippen molar-refractivity contribution in [2.24, 2.45) is 5.41 Å². The lowest BCUT2D eigenvalue weighted by molar-refractivity contribution is -0.139. The molecule has 1 heterocycles. The number of aryl methyl sites for hydroxylation is 1. The Morgan fingerprint density at radius 1 is 1.18 bits per heavy atom. The Hall–Kier alpha value is -2.74. The van der Waals surface area contributed by atoms with Crippen LogP contribution in [0.4, 0.5) is 4.79 Å². The average Bonchev–Trinajstić information content (AvgIpc) is 3.22. The fourth-order valence-electron chi connectivity index (χ4n) is 4.18. The number of ether oxygens (including phenoxy) is 1. The molecule has 2 atom stereocenters. The maximum Gasteiger partial charge on any atom is 0.407 e. The molecule has 0 unspecified atom stereocenters. The van der Waals surface area contributed by atoms with Crippen LogP contribution in [0.25, 0.3) is 0 Å². The lowest BCUT2D eigenvalue weighted by Crippen LogP contribution is -2.49. The highest BCUT2D eigenvalue weighted by molar-refractivity contribution is 7.09. The molecule has 8 heteroatoms. The highest BCUT2D eigenvalue weighted by atomic mass is 32.1. The monoisotopic (exact) mass is 485 g/mol. The normalized spacial score (nSPS) is 16.1. The van der Waals surface area contributed by atoms with E-state index in [0.29, 0.717) is 12.8 Å². The van der Waals surface area contributed by atoms with E-state index in [0.717, 1.165) is 48.4 Å². The summed E-state index contributed by atoms with van der Waals surface area (Å²) in [7, 11) is 0. The van der Waals surface area contributed by atoms with Crippen molar-refractivity contribution in [1.82, 2.24) is 15.6 Å². The van der Waals surface area contributed by atoms with Gasteiger partial charge < -0.3 is 15.4 Å². The molecular weight excluding hydrogens is 450 g/mol. The van der Waals surface area contributed by atoms with E-state index in [-0.39, 0.29) is 18.1 Å². The van der Waals surface area contributed by atoms with E-state index in [1.54, 1.807) is 11.3 Å². The first-order valence-electron chi connectivity index (χ1n) is 12.1. The molecule has 0 bridgehead atoms. The molecule has 3 rings (SSSR count). The van der Waals surface area contributed by atoms with Gasteiger partial charge in [0.2, 0.25) is 5.78 Å². The van der Waals surface area contributed by atoms with Crippen molar-refractivity contribution in [2.75, 3.05) is 6.61 Å². The first-order valence-corrected chi connectivity index (χ1v) is 12.9. The standard InChI is InChI=1S/C26H35N3O4S/c1-4-5-12-21(23(30)24(31)28-19(3)20-10-7-6-8-11-20)29-25(32)33-17-26(13-9-14-26)15-22-27-18(2)16-34-22/h6-8,10-11,16,19,21H,4-5,9,12-15,17H2,1-3H3,(H,28,31)(H,29,32)/t19-,21+/m1/s1. The van der Waals surface area contributed by atoms with Crippen molar-refractivity contribution in [2.45, 2.75) is 77.8 Å². The summed E-state index contributed by atoms with van der Waals surface area (Å²) in [5, 5.41) is 8.48. The zero-order chi connectivity index (χ0) is 24.6. The van der Waals surface area contributed by atoms with Crippen LogP contribution in [0.3, 0.4) is 0 Å². The van der Waals surface area contributed by atoms with E-state index in [1.807, 2.05) is 56.5 Å². The van der Waals surface area contributed by atoms with E-state index < -0.39 is 23.8 Å². The number of rotatable bonds is 12. The molecular formula is C26H35N3O4S. The largest absolute Gasteiger partial charge is 0.449 e. The first kappa shape index (κ1) is 25.9. The second-order valence-corrected chi connectivity index (χ2v) is 10.2. The molecule has 1 aromatic carbocycles. The number of ketones is 1. The van der Waals surface area contributed by atoms with Gasteiger partial charge in [-0.15, -0.1) is 11.3 Å². The summed E-state index contributed by atoms with van der Waals surface area (Å²) in [6.45, 7) is 6.08. The number of thiazole rings is 1. The molecule has 1 saturated carbocycles. The Morgan fingerprint density at radius 2 is 1.91 bits per heavy atom. The van der Waals surface area contributed by atoms with Crippen LogP contribution in [-0.2, 0) is 20.7 Å². The molecule has 1 aliphatic carbocycles. The van der Waals surface area contributed by atoms with Crippen molar-refractivity contribution in [3.8, 4) is 0 Å². The topological polar surface area (TPSA) is 97.4 Å². The van der Waals surface area contributed by atoms with Gasteiger partial charge in [-0.1, -0.05) is 56.5 Å². The smallest absolute Gasteiger partial charge is 0.407 e. The Balaban J connectivity index is 1.55. The lowest BCUT2D eigenvalue weighted by atomic mass is 9.67. The molecule has 2 N–H and O–H groups in total. The van der Waals surface area contributed by atoms with Crippen molar-refractivity contribution in [3.05, 3.63) is 52.0 Å². The number of hydrogen-bond acceptors (Lipinski definition) is 6. The second-order valence-electron chi connectivity index (χ2n) is 9.30. The number of nitrogens with zero attached hydrogens (tertiary/aromatic N) is 1. The van der Waals surface area contributed by atoms with Gasteiger partial charge in [0.25, 0.3) is 5.91 Å². The quantitative estimate of drug-likeness (QED) is 0.417. The summed E-state index contributed by atoms with van der Waals surface area (Å²) in [5.41, 5.74) is 1.82. The molecule has 0 saturated heterocycles. The summed E-state index contributed by atoms with van der Waals surface area (Å²) in [5.74, 6) is -1.35. The Bertz CT molecular complexity index is 971. The third-order valence-corrected chi connectivity index (χ3v) is 7.41. The van der Waals surface area contributed by atoms with E-state index in [1.165, 1.54) is 0 Å². The number of carbonyl (C=O) groups excluding carboxylic acids is 3. The van der Waals surface area contributed by atoms with E-state index in [9.17, 15) is 14.4 Å². The van der Waals surface area contributed by atoms with Gasteiger partial charge in [0.05, 0.1) is 17.7 Å². The number of amides is 2. The van der Waals surface area contributed by atoms with Crippen molar-refractivity contribution < 1.29 is 19.1 Å². The fraction of sp³-hybridized carbons (Fsp3) is 0.538. The SMILES string of the molecule is CCCC[C@H](NC(=O)OCC1(Cc2nc(C)cs2)CCC1)C(=O)C(=O)N[C@H](C)c1ccccc1. The molecule has 0 aliphatic heterocycles. The maximum absolute atomic E-state index is 12.9. The molecule has 7 nitrogen and oxygen atoms in total. The molecule has 34 heavy (non-hydrogen) atoms. The predicted molar refractivity (Wildman–Crippen MR) is 133 cm³/mol. The highest BCUT2D eigenvalue weighted by Gasteiger charge is 2.39. The number of nitrogens with one attached hydrogen (secondary N) is 2. The van der Waals surface area contributed by atoms with Crippen LogP contribution in [0.1, 0.15) is 74.7 Å². The third kappa shape index (κ3) is 7.13. The van der Waals surface area contributed by atoms with E-state index >= 15 is 0 Å². The molecule has 2 amide bonds. The Kier molecular flexibility index (Phi) is 9.21. The minimum absolute atomic E-state index is 0.0902. The molecule has 0 radical (unpaired) electrons. The zero-order valence-electron chi connectivity index (χ0n) is 20.3. The van der Waals surface area contributed by atoms with Gasteiger partial charge in [-0.2, -0.15) is 0 Å².